The lowest BCUT2D eigenvalue weighted by Crippen LogP contribution is -2.03. The Bertz CT molecular complexity index is 399. The molecule has 0 aromatic heterocycles. The van der Waals surface area contributed by atoms with E-state index in [2.05, 4.69) is 48.2 Å². The van der Waals surface area contributed by atoms with Crippen LogP contribution in [0.5, 0.6) is 5.75 Å². The fraction of sp³-hybridized carbons (Fsp3) is 0.429. The Morgan fingerprint density at radius 3 is 2.65 bits per heavy atom. The minimum absolute atomic E-state index is 0.267. The quantitative estimate of drug-likeness (QED) is 0.566. The SMILES string of the molecule is C=C(C)c1cc(CCC)c(I)cc1OCOC. The van der Waals surface area contributed by atoms with Crippen molar-refractivity contribution in [2.45, 2.75) is 26.7 Å². The second-order valence-corrected chi connectivity index (χ2v) is 5.18. The summed E-state index contributed by atoms with van der Waals surface area (Å²) >= 11 is 2.35. The van der Waals surface area contributed by atoms with Gasteiger partial charge in [-0.15, -0.1) is 0 Å². The average molecular weight is 346 g/mol. The lowest BCUT2D eigenvalue weighted by Gasteiger charge is -2.14. The molecule has 0 atom stereocenters. The predicted octanol–water partition coefficient (Wildman–Crippen LogP) is 4.26. The molecule has 0 N–H and O–H groups in total. The molecule has 0 fully saturated rings. The van der Waals surface area contributed by atoms with Crippen molar-refractivity contribution in [2.24, 2.45) is 0 Å². The first-order chi connectivity index (χ1) is 8.10. The van der Waals surface area contributed by atoms with Gasteiger partial charge in [0.15, 0.2) is 6.79 Å². The van der Waals surface area contributed by atoms with Gasteiger partial charge in [-0.2, -0.15) is 0 Å². The van der Waals surface area contributed by atoms with Crippen molar-refractivity contribution in [1.29, 1.82) is 0 Å². The fourth-order valence-corrected chi connectivity index (χ4v) is 2.34. The molecule has 0 unspecified atom stereocenters. The maximum atomic E-state index is 5.57. The lowest BCUT2D eigenvalue weighted by molar-refractivity contribution is 0.0508. The van der Waals surface area contributed by atoms with Crippen LogP contribution >= 0.6 is 22.6 Å². The van der Waals surface area contributed by atoms with Crippen LogP contribution in [0.15, 0.2) is 18.7 Å². The van der Waals surface area contributed by atoms with Gasteiger partial charge in [-0.3, -0.25) is 0 Å². The molecule has 3 heteroatoms. The molecule has 0 aliphatic rings. The van der Waals surface area contributed by atoms with Crippen molar-refractivity contribution in [1.82, 2.24) is 0 Å². The van der Waals surface area contributed by atoms with Crippen LogP contribution in [-0.2, 0) is 11.2 Å². The second-order valence-electron chi connectivity index (χ2n) is 4.02. The van der Waals surface area contributed by atoms with Crippen molar-refractivity contribution < 1.29 is 9.47 Å². The first-order valence-electron chi connectivity index (χ1n) is 5.70. The Balaban J connectivity index is 3.11. The van der Waals surface area contributed by atoms with E-state index >= 15 is 0 Å². The number of methoxy groups -OCH3 is 1. The topological polar surface area (TPSA) is 18.5 Å². The van der Waals surface area contributed by atoms with Crippen LogP contribution in [0.2, 0.25) is 0 Å². The first-order valence-corrected chi connectivity index (χ1v) is 6.78. The highest BCUT2D eigenvalue weighted by molar-refractivity contribution is 14.1. The first kappa shape index (κ1) is 14.5. The summed E-state index contributed by atoms with van der Waals surface area (Å²) in [5.74, 6) is 0.851. The summed E-state index contributed by atoms with van der Waals surface area (Å²) < 4.78 is 11.8. The molecule has 0 bridgehead atoms. The van der Waals surface area contributed by atoms with Crippen molar-refractivity contribution in [3.8, 4) is 5.75 Å². The van der Waals surface area contributed by atoms with Crippen molar-refractivity contribution in [3.63, 3.8) is 0 Å². The van der Waals surface area contributed by atoms with Crippen LogP contribution in [0.3, 0.4) is 0 Å². The van der Waals surface area contributed by atoms with Crippen molar-refractivity contribution >= 4 is 28.2 Å². The highest BCUT2D eigenvalue weighted by atomic mass is 127. The van der Waals surface area contributed by atoms with Gasteiger partial charge in [0.25, 0.3) is 0 Å². The van der Waals surface area contributed by atoms with Gasteiger partial charge in [0.05, 0.1) is 0 Å². The maximum absolute atomic E-state index is 5.57. The molecule has 0 aliphatic heterocycles. The van der Waals surface area contributed by atoms with E-state index in [4.69, 9.17) is 9.47 Å². The van der Waals surface area contributed by atoms with Gasteiger partial charge in [0.2, 0.25) is 0 Å². The zero-order valence-electron chi connectivity index (χ0n) is 10.7. The molecular formula is C14H19IO2. The largest absolute Gasteiger partial charge is 0.467 e. The molecule has 1 aromatic rings. The number of hydrogen-bond acceptors (Lipinski definition) is 2. The molecule has 17 heavy (non-hydrogen) atoms. The van der Waals surface area contributed by atoms with E-state index in [-0.39, 0.29) is 6.79 Å². The molecule has 0 saturated carbocycles. The van der Waals surface area contributed by atoms with Crippen LogP contribution in [0, 0.1) is 3.57 Å². The second kappa shape index (κ2) is 7.01. The van der Waals surface area contributed by atoms with Gasteiger partial charge in [-0.25, -0.2) is 0 Å². The van der Waals surface area contributed by atoms with Gasteiger partial charge in [0.1, 0.15) is 5.75 Å². The van der Waals surface area contributed by atoms with Gasteiger partial charge >= 0.3 is 0 Å². The fourth-order valence-electron chi connectivity index (χ4n) is 1.64. The van der Waals surface area contributed by atoms with E-state index in [0.29, 0.717) is 0 Å². The summed E-state index contributed by atoms with van der Waals surface area (Å²) in [6.45, 7) is 8.45. The van der Waals surface area contributed by atoms with Gasteiger partial charge in [-0.1, -0.05) is 19.9 Å². The third-order valence-corrected chi connectivity index (χ3v) is 3.46. The number of benzene rings is 1. The Morgan fingerprint density at radius 1 is 1.41 bits per heavy atom. The summed E-state index contributed by atoms with van der Waals surface area (Å²) in [5, 5.41) is 0. The van der Waals surface area contributed by atoms with Crippen LogP contribution in [0.25, 0.3) is 5.57 Å². The lowest BCUT2D eigenvalue weighted by atomic mass is 10.0. The molecule has 1 rings (SSSR count). The minimum atomic E-state index is 0.267. The summed E-state index contributed by atoms with van der Waals surface area (Å²) in [5.41, 5.74) is 3.45. The molecule has 94 valence electrons. The van der Waals surface area contributed by atoms with Gasteiger partial charge in [0, 0.05) is 16.2 Å². The summed E-state index contributed by atoms with van der Waals surface area (Å²) in [4.78, 5) is 0. The molecule has 0 heterocycles. The Kier molecular flexibility index (Phi) is 5.98. The highest BCUT2D eigenvalue weighted by Gasteiger charge is 2.09. The van der Waals surface area contributed by atoms with E-state index in [9.17, 15) is 0 Å². The molecule has 0 saturated heterocycles. The number of rotatable bonds is 6. The maximum Gasteiger partial charge on any atom is 0.188 e. The highest BCUT2D eigenvalue weighted by Crippen LogP contribution is 2.30. The van der Waals surface area contributed by atoms with E-state index < -0.39 is 0 Å². The normalized spacial score (nSPS) is 10.4. The van der Waals surface area contributed by atoms with E-state index in [1.165, 1.54) is 9.13 Å². The number of hydrogen-bond donors (Lipinski definition) is 0. The number of halogens is 1. The summed E-state index contributed by atoms with van der Waals surface area (Å²) in [6, 6.07) is 4.24. The van der Waals surface area contributed by atoms with Crippen LogP contribution in [0.1, 0.15) is 31.4 Å². The third kappa shape index (κ3) is 4.00. The van der Waals surface area contributed by atoms with Gasteiger partial charge in [-0.05, 0) is 59.2 Å². The zero-order valence-corrected chi connectivity index (χ0v) is 12.8. The standard InChI is InChI=1S/C14H19IO2/c1-5-6-11-7-12(10(2)3)14(8-13(11)15)17-9-16-4/h7-8H,2,5-6,9H2,1,3-4H3. The molecule has 1 aromatic carbocycles. The monoisotopic (exact) mass is 346 g/mol. The number of aryl methyl sites for hydroxylation is 1. The van der Waals surface area contributed by atoms with Crippen LogP contribution in [0.4, 0.5) is 0 Å². The third-order valence-electron chi connectivity index (χ3n) is 2.46. The van der Waals surface area contributed by atoms with E-state index in [1.54, 1.807) is 7.11 Å². The van der Waals surface area contributed by atoms with Crippen molar-refractivity contribution in [3.05, 3.63) is 33.4 Å². The Labute approximate surface area is 117 Å². The van der Waals surface area contributed by atoms with Crippen molar-refractivity contribution in [2.75, 3.05) is 13.9 Å². The summed E-state index contributed by atoms with van der Waals surface area (Å²) in [6.07, 6.45) is 2.23. The van der Waals surface area contributed by atoms with E-state index in [0.717, 1.165) is 29.7 Å². The Morgan fingerprint density at radius 2 is 2.12 bits per heavy atom. The van der Waals surface area contributed by atoms with E-state index in [1.807, 2.05) is 6.92 Å². The summed E-state index contributed by atoms with van der Waals surface area (Å²) in [7, 11) is 1.62. The molecule has 0 amide bonds. The zero-order chi connectivity index (χ0) is 12.8. The number of ether oxygens (including phenoxy) is 2. The predicted molar refractivity (Wildman–Crippen MR) is 80.4 cm³/mol. The van der Waals surface area contributed by atoms with Gasteiger partial charge < -0.3 is 9.47 Å². The minimum Gasteiger partial charge on any atom is -0.467 e. The van der Waals surface area contributed by atoms with Crippen LogP contribution < -0.4 is 4.74 Å². The molecule has 0 spiro atoms. The molecule has 0 aliphatic carbocycles. The molecule has 0 radical (unpaired) electrons. The molecular weight excluding hydrogens is 327 g/mol. The average Bonchev–Trinajstić information content (AvgIpc) is 2.29. The smallest absolute Gasteiger partial charge is 0.188 e. The Hall–Kier alpha value is -0.550. The molecule has 2 nitrogen and oxygen atoms in total. The van der Waals surface area contributed by atoms with Crippen LogP contribution in [-0.4, -0.2) is 13.9 Å². The number of allylic oxidation sites excluding steroid dienone is 1.